The molecule has 1 saturated carbocycles. The van der Waals surface area contributed by atoms with E-state index in [9.17, 15) is 0 Å². The van der Waals surface area contributed by atoms with Gasteiger partial charge in [-0.3, -0.25) is 0 Å². The fourth-order valence-corrected chi connectivity index (χ4v) is 2.02. The molecule has 2 rings (SSSR count). The molecule has 1 fully saturated rings. The summed E-state index contributed by atoms with van der Waals surface area (Å²) < 4.78 is 5.59. The molecule has 76 valence electrons. The van der Waals surface area contributed by atoms with Crippen molar-refractivity contribution in [2.24, 2.45) is 5.73 Å². The highest BCUT2D eigenvalue weighted by Crippen LogP contribution is 2.39. The third kappa shape index (κ3) is 1.75. The van der Waals surface area contributed by atoms with E-state index in [1.165, 1.54) is 5.56 Å². The van der Waals surface area contributed by atoms with Crippen molar-refractivity contribution < 1.29 is 4.74 Å². The zero-order valence-electron chi connectivity index (χ0n) is 8.57. The van der Waals surface area contributed by atoms with Gasteiger partial charge in [0.15, 0.2) is 0 Å². The van der Waals surface area contributed by atoms with E-state index >= 15 is 0 Å². The lowest BCUT2D eigenvalue weighted by molar-refractivity contribution is 0.309. The Morgan fingerprint density at radius 3 is 2.71 bits per heavy atom. The van der Waals surface area contributed by atoms with Crippen LogP contribution in [-0.4, -0.2) is 12.6 Å². The summed E-state index contributed by atoms with van der Waals surface area (Å²) in [6.45, 7) is 2.75. The first-order valence-corrected chi connectivity index (χ1v) is 5.28. The first-order chi connectivity index (χ1) is 6.81. The number of rotatable bonds is 3. The van der Waals surface area contributed by atoms with Crippen LogP contribution in [0.5, 0.6) is 5.75 Å². The van der Waals surface area contributed by atoms with Gasteiger partial charge < -0.3 is 10.5 Å². The zero-order valence-corrected chi connectivity index (χ0v) is 8.57. The van der Waals surface area contributed by atoms with Crippen LogP contribution in [0.4, 0.5) is 0 Å². The average Bonchev–Trinajstić information content (AvgIpc) is 2.15. The smallest absolute Gasteiger partial charge is 0.122 e. The Balaban J connectivity index is 2.15. The molecule has 0 spiro atoms. The van der Waals surface area contributed by atoms with E-state index in [1.807, 2.05) is 19.1 Å². The third-order valence-corrected chi connectivity index (χ3v) is 2.83. The van der Waals surface area contributed by atoms with Gasteiger partial charge in [0.05, 0.1) is 6.61 Å². The van der Waals surface area contributed by atoms with Gasteiger partial charge >= 0.3 is 0 Å². The minimum Gasteiger partial charge on any atom is -0.494 e. The lowest BCUT2D eigenvalue weighted by atomic mass is 9.76. The topological polar surface area (TPSA) is 35.2 Å². The van der Waals surface area contributed by atoms with E-state index in [-0.39, 0.29) is 0 Å². The molecule has 2 N–H and O–H groups in total. The molecule has 0 heterocycles. The van der Waals surface area contributed by atoms with Gasteiger partial charge in [0.25, 0.3) is 0 Å². The normalized spacial score (nSPS) is 25.6. The molecule has 0 atom stereocenters. The van der Waals surface area contributed by atoms with Crippen LogP contribution in [-0.2, 0) is 0 Å². The van der Waals surface area contributed by atoms with Crippen LogP contribution >= 0.6 is 0 Å². The Hall–Kier alpha value is -1.02. The molecule has 14 heavy (non-hydrogen) atoms. The molecular formula is C12H17NO. The second-order valence-electron chi connectivity index (χ2n) is 3.90. The zero-order chi connectivity index (χ0) is 9.97. The van der Waals surface area contributed by atoms with E-state index in [0.29, 0.717) is 12.0 Å². The minimum absolute atomic E-state index is 0.398. The molecule has 0 radical (unpaired) electrons. The second kappa shape index (κ2) is 4.01. The molecule has 2 heteroatoms. The van der Waals surface area contributed by atoms with E-state index in [0.717, 1.165) is 25.2 Å². The lowest BCUT2D eigenvalue weighted by Crippen LogP contribution is -2.34. The van der Waals surface area contributed by atoms with Gasteiger partial charge in [0, 0.05) is 6.04 Å². The molecule has 1 aliphatic carbocycles. The lowest BCUT2D eigenvalue weighted by Gasteiger charge is -2.33. The minimum atomic E-state index is 0.398. The van der Waals surface area contributed by atoms with Crippen molar-refractivity contribution in [3.05, 3.63) is 29.8 Å². The van der Waals surface area contributed by atoms with Crippen molar-refractivity contribution in [1.29, 1.82) is 0 Å². The summed E-state index contributed by atoms with van der Waals surface area (Å²) in [4.78, 5) is 0. The van der Waals surface area contributed by atoms with Gasteiger partial charge in [-0.25, -0.2) is 0 Å². The Bertz CT molecular complexity index is 305. The highest BCUT2D eigenvalue weighted by molar-refractivity contribution is 5.37. The maximum atomic E-state index is 5.79. The highest BCUT2D eigenvalue weighted by atomic mass is 16.5. The summed E-state index contributed by atoms with van der Waals surface area (Å²) in [5.41, 5.74) is 7.12. The van der Waals surface area contributed by atoms with Crippen molar-refractivity contribution in [3.8, 4) is 5.75 Å². The van der Waals surface area contributed by atoms with E-state index in [2.05, 4.69) is 12.1 Å². The molecule has 0 unspecified atom stereocenters. The van der Waals surface area contributed by atoms with Crippen molar-refractivity contribution in [2.75, 3.05) is 6.61 Å². The molecule has 0 bridgehead atoms. The van der Waals surface area contributed by atoms with E-state index in [1.54, 1.807) is 0 Å². The second-order valence-corrected chi connectivity index (χ2v) is 3.90. The number of nitrogens with two attached hydrogens (primary N) is 1. The fraction of sp³-hybridized carbons (Fsp3) is 0.500. The molecule has 1 aliphatic rings. The molecule has 0 aromatic heterocycles. The van der Waals surface area contributed by atoms with Crippen molar-refractivity contribution in [3.63, 3.8) is 0 Å². The molecule has 0 aliphatic heterocycles. The summed E-state index contributed by atoms with van der Waals surface area (Å²) in [5, 5.41) is 0. The monoisotopic (exact) mass is 191 g/mol. The van der Waals surface area contributed by atoms with Crippen LogP contribution in [0.2, 0.25) is 0 Å². The number of ether oxygens (including phenoxy) is 1. The first kappa shape index (κ1) is 9.53. The number of hydrogen-bond donors (Lipinski definition) is 1. The predicted molar refractivity (Wildman–Crippen MR) is 57.6 cm³/mol. The van der Waals surface area contributed by atoms with E-state index in [4.69, 9.17) is 10.5 Å². The molecule has 1 aromatic rings. The number of hydrogen-bond acceptors (Lipinski definition) is 2. The van der Waals surface area contributed by atoms with Crippen molar-refractivity contribution in [1.82, 2.24) is 0 Å². The van der Waals surface area contributed by atoms with Crippen LogP contribution in [0.25, 0.3) is 0 Å². The maximum absolute atomic E-state index is 5.79. The SMILES string of the molecule is CCOc1ccccc1C1CC(N)C1. The molecule has 0 saturated heterocycles. The summed E-state index contributed by atoms with van der Waals surface area (Å²) in [5.74, 6) is 1.65. The fourth-order valence-electron chi connectivity index (χ4n) is 2.02. The highest BCUT2D eigenvalue weighted by Gasteiger charge is 2.29. The summed E-state index contributed by atoms with van der Waals surface area (Å²) >= 11 is 0. The first-order valence-electron chi connectivity index (χ1n) is 5.28. The summed E-state index contributed by atoms with van der Waals surface area (Å²) in [7, 11) is 0. The van der Waals surface area contributed by atoms with Crippen molar-refractivity contribution in [2.45, 2.75) is 31.7 Å². The molecule has 2 nitrogen and oxygen atoms in total. The predicted octanol–water partition coefficient (Wildman–Crippen LogP) is 2.29. The van der Waals surface area contributed by atoms with Crippen LogP contribution in [0.15, 0.2) is 24.3 Å². The Labute approximate surface area is 85.1 Å². The van der Waals surface area contributed by atoms with Gasteiger partial charge in [-0.15, -0.1) is 0 Å². The number of para-hydroxylation sites is 1. The van der Waals surface area contributed by atoms with E-state index < -0.39 is 0 Å². The van der Waals surface area contributed by atoms with Crippen LogP contribution < -0.4 is 10.5 Å². The molecule has 1 aromatic carbocycles. The van der Waals surface area contributed by atoms with Gasteiger partial charge in [0.1, 0.15) is 5.75 Å². The van der Waals surface area contributed by atoms with Gasteiger partial charge in [0.2, 0.25) is 0 Å². The van der Waals surface area contributed by atoms with Crippen LogP contribution in [0.1, 0.15) is 31.2 Å². The Morgan fingerprint density at radius 1 is 1.36 bits per heavy atom. The van der Waals surface area contributed by atoms with Crippen LogP contribution in [0, 0.1) is 0 Å². The molecule has 0 amide bonds. The van der Waals surface area contributed by atoms with Crippen molar-refractivity contribution >= 4 is 0 Å². The quantitative estimate of drug-likeness (QED) is 0.795. The number of benzene rings is 1. The Morgan fingerprint density at radius 2 is 2.07 bits per heavy atom. The maximum Gasteiger partial charge on any atom is 0.122 e. The molecular weight excluding hydrogens is 174 g/mol. The van der Waals surface area contributed by atoms with Gasteiger partial charge in [-0.1, -0.05) is 18.2 Å². The van der Waals surface area contributed by atoms with Gasteiger partial charge in [-0.05, 0) is 37.3 Å². The van der Waals surface area contributed by atoms with Crippen LogP contribution in [0.3, 0.4) is 0 Å². The Kier molecular flexibility index (Phi) is 2.73. The van der Waals surface area contributed by atoms with Gasteiger partial charge in [-0.2, -0.15) is 0 Å². The largest absolute Gasteiger partial charge is 0.494 e. The summed E-state index contributed by atoms with van der Waals surface area (Å²) in [6.07, 6.45) is 2.20. The average molecular weight is 191 g/mol. The standard InChI is InChI=1S/C12H17NO/c1-2-14-12-6-4-3-5-11(12)9-7-10(13)8-9/h3-6,9-10H,2,7-8,13H2,1H3. The summed E-state index contributed by atoms with van der Waals surface area (Å²) in [6, 6.07) is 8.69. The third-order valence-electron chi connectivity index (χ3n) is 2.83.